The van der Waals surface area contributed by atoms with E-state index in [2.05, 4.69) is 5.32 Å². The zero-order chi connectivity index (χ0) is 23.3. The maximum absolute atomic E-state index is 13.1. The van der Waals surface area contributed by atoms with Crippen molar-refractivity contribution in [2.75, 3.05) is 6.61 Å². The van der Waals surface area contributed by atoms with Gasteiger partial charge in [-0.3, -0.25) is 9.59 Å². The summed E-state index contributed by atoms with van der Waals surface area (Å²) >= 11 is 12.3. The molecule has 0 fully saturated rings. The van der Waals surface area contributed by atoms with Gasteiger partial charge in [0.05, 0.1) is 0 Å². The molecule has 7 heteroatoms. The average molecular weight is 465 g/mol. The molecule has 2 aromatic rings. The van der Waals surface area contributed by atoms with Crippen LogP contribution in [0.1, 0.15) is 44.4 Å². The molecule has 2 rings (SSSR count). The summed E-state index contributed by atoms with van der Waals surface area (Å²) in [5.74, 6) is 0.0650. The fraction of sp³-hybridized carbons (Fsp3) is 0.417. The number of amides is 2. The van der Waals surface area contributed by atoms with Crippen LogP contribution in [0.3, 0.4) is 0 Å². The Morgan fingerprint density at radius 1 is 1.10 bits per heavy atom. The van der Waals surface area contributed by atoms with Crippen molar-refractivity contribution < 1.29 is 14.3 Å². The van der Waals surface area contributed by atoms with Gasteiger partial charge in [-0.1, -0.05) is 47.0 Å². The first-order valence-corrected chi connectivity index (χ1v) is 10.9. The molecule has 2 aromatic carbocycles. The third-order valence-corrected chi connectivity index (χ3v) is 5.29. The largest absolute Gasteiger partial charge is 0.483 e. The summed E-state index contributed by atoms with van der Waals surface area (Å²) in [6, 6.07) is 10.1. The lowest BCUT2D eigenvalue weighted by Gasteiger charge is -2.31. The number of carbonyl (C=O) groups excluding carboxylic acids is 2. The maximum atomic E-state index is 13.1. The Labute approximate surface area is 194 Å². The van der Waals surface area contributed by atoms with E-state index in [1.54, 1.807) is 25.1 Å². The zero-order valence-electron chi connectivity index (χ0n) is 18.9. The lowest BCUT2D eigenvalue weighted by atomic mass is 10.1. The van der Waals surface area contributed by atoms with Gasteiger partial charge in [0, 0.05) is 22.1 Å². The van der Waals surface area contributed by atoms with Gasteiger partial charge in [0.1, 0.15) is 11.8 Å². The monoisotopic (exact) mass is 464 g/mol. The Balaban J connectivity index is 2.24. The number of rotatable bonds is 7. The number of halogens is 2. The summed E-state index contributed by atoms with van der Waals surface area (Å²) in [6.07, 6.45) is 0. The van der Waals surface area contributed by atoms with Gasteiger partial charge in [0.25, 0.3) is 5.91 Å². The Hall–Kier alpha value is -2.24. The molecule has 31 heavy (non-hydrogen) atoms. The molecule has 0 saturated carbocycles. The molecular formula is C24H30Cl2N2O3. The van der Waals surface area contributed by atoms with Crippen molar-refractivity contribution in [3.05, 3.63) is 63.1 Å². The van der Waals surface area contributed by atoms with E-state index in [1.807, 2.05) is 52.8 Å². The van der Waals surface area contributed by atoms with Gasteiger partial charge in [-0.25, -0.2) is 0 Å². The summed E-state index contributed by atoms with van der Waals surface area (Å²) in [5, 5.41) is 3.86. The molecule has 0 bridgehead atoms. The van der Waals surface area contributed by atoms with Crippen molar-refractivity contribution in [2.24, 2.45) is 0 Å². The van der Waals surface area contributed by atoms with Crippen molar-refractivity contribution in [3.8, 4) is 5.75 Å². The fourth-order valence-electron chi connectivity index (χ4n) is 3.07. The molecule has 0 unspecified atom stereocenters. The van der Waals surface area contributed by atoms with Crippen LogP contribution in [-0.4, -0.2) is 34.9 Å². The molecule has 0 radical (unpaired) electrons. The molecule has 168 valence electrons. The highest BCUT2D eigenvalue weighted by molar-refractivity contribution is 6.35. The van der Waals surface area contributed by atoms with E-state index in [0.717, 1.165) is 11.1 Å². The number of carbonyl (C=O) groups is 2. The molecule has 0 aliphatic rings. The van der Waals surface area contributed by atoms with Crippen LogP contribution in [0.5, 0.6) is 5.75 Å². The first-order chi connectivity index (χ1) is 14.4. The summed E-state index contributed by atoms with van der Waals surface area (Å²) in [4.78, 5) is 27.4. The quantitative estimate of drug-likeness (QED) is 0.602. The standard InChI is InChI=1S/C24H30Cl2N2O3/c1-15-7-10-21(16(2)11-15)31-14-22(29)28(17(3)23(30)27-24(4,5)6)13-18-8-9-19(25)12-20(18)26/h7-12,17H,13-14H2,1-6H3,(H,27,30)/t17-/m0/s1. The highest BCUT2D eigenvalue weighted by atomic mass is 35.5. The summed E-state index contributed by atoms with van der Waals surface area (Å²) in [7, 11) is 0. The van der Waals surface area contributed by atoms with Crippen LogP contribution in [0.25, 0.3) is 0 Å². The third-order valence-electron chi connectivity index (χ3n) is 4.70. The normalized spacial score (nSPS) is 12.3. The Morgan fingerprint density at radius 2 is 1.77 bits per heavy atom. The van der Waals surface area contributed by atoms with E-state index in [9.17, 15) is 9.59 Å². The van der Waals surface area contributed by atoms with E-state index in [-0.39, 0.29) is 25.0 Å². The molecule has 0 aliphatic carbocycles. The molecule has 2 amide bonds. The van der Waals surface area contributed by atoms with Gasteiger partial charge in [-0.2, -0.15) is 0 Å². The van der Waals surface area contributed by atoms with Gasteiger partial charge in [-0.05, 0) is 70.9 Å². The van der Waals surface area contributed by atoms with Gasteiger partial charge in [0.15, 0.2) is 6.61 Å². The number of hydrogen-bond donors (Lipinski definition) is 1. The van der Waals surface area contributed by atoms with Crippen molar-refractivity contribution >= 4 is 35.0 Å². The molecule has 0 heterocycles. The number of aryl methyl sites for hydroxylation is 2. The van der Waals surface area contributed by atoms with E-state index in [0.29, 0.717) is 21.4 Å². The Bertz CT molecular complexity index is 954. The Kier molecular flexibility index (Phi) is 8.38. The minimum atomic E-state index is -0.721. The Morgan fingerprint density at radius 3 is 2.35 bits per heavy atom. The molecule has 0 saturated heterocycles. The molecular weight excluding hydrogens is 435 g/mol. The average Bonchev–Trinajstić information content (AvgIpc) is 2.64. The number of ether oxygens (including phenoxy) is 1. The number of hydrogen-bond acceptors (Lipinski definition) is 3. The molecule has 1 N–H and O–H groups in total. The van der Waals surface area contributed by atoms with Crippen molar-refractivity contribution in [1.29, 1.82) is 0 Å². The first kappa shape index (κ1) is 25.0. The van der Waals surface area contributed by atoms with Gasteiger partial charge in [0.2, 0.25) is 5.91 Å². The number of benzene rings is 2. The van der Waals surface area contributed by atoms with Crippen LogP contribution in [0.15, 0.2) is 36.4 Å². The van der Waals surface area contributed by atoms with Crippen LogP contribution in [0.4, 0.5) is 0 Å². The minimum Gasteiger partial charge on any atom is -0.483 e. The summed E-state index contributed by atoms with van der Waals surface area (Å²) in [5.41, 5.74) is 2.33. The highest BCUT2D eigenvalue weighted by Gasteiger charge is 2.29. The highest BCUT2D eigenvalue weighted by Crippen LogP contribution is 2.24. The first-order valence-electron chi connectivity index (χ1n) is 10.1. The fourth-order valence-corrected chi connectivity index (χ4v) is 3.54. The smallest absolute Gasteiger partial charge is 0.261 e. The van der Waals surface area contributed by atoms with Crippen LogP contribution >= 0.6 is 23.2 Å². The second-order valence-corrected chi connectivity index (χ2v) is 9.57. The van der Waals surface area contributed by atoms with Crippen LogP contribution in [0, 0.1) is 13.8 Å². The summed E-state index contributed by atoms with van der Waals surface area (Å²) in [6.45, 7) is 11.3. The molecule has 1 atom stereocenters. The van der Waals surface area contributed by atoms with E-state index in [1.165, 1.54) is 4.90 Å². The van der Waals surface area contributed by atoms with Crippen LogP contribution < -0.4 is 10.1 Å². The minimum absolute atomic E-state index is 0.157. The van der Waals surface area contributed by atoms with E-state index >= 15 is 0 Å². The molecule has 0 aliphatic heterocycles. The number of nitrogens with zero attached hydrogens (tertiary/aromatic N) is 1. The van der Waals surface area contributed by atoms with Gasteiger partial charge in [-0.15, -0.1) is 0 Å². The molecule has 5 nitrogen and oxygen atoms in total. The van der Waals surface area contributed by atoms with Gasteiger partial charge >= 0.3 is 0 Å². The second kappa shape index (κ2) is 10.4. The lowest BCUT2D eigenvalue weighted by Crippen LogP contribution is -2.53. The van der Waals surface area contributed by atoms with Crippen LogP contribution in [0.2, 0.25) is 10.0 Å². The molecule has 0 aromatic heterocycles. The van der Waals surface area contributed by atoms with Crippen LogP contribution in [-0.2, 0) is 16.1 Å². The molecule has 0 spiro atoms. The lowest BCUT2D eigenvalue weighted by molar-refractivity contribution is -0.142. The topological polar surface area (TPSA) is 58.6 Å². The predicted octanol–water partition coefficient (Wildman–Crippen LogP) is 5.32. The van der Waals surface area contributed by atoms with E-state index < -0.39 is 11.6 Å². The van der Waals surface area contributed by atoms with Gasteiger partial charge < -0.3 is 15.0 Å². The maximum Gasteiger partial charge on any atom is 0.261 e. The SMILES string of the molecule is Cc1ccc(OCC(=O)N(Cc2ccc(Cl)cc2Cl)[C@@H](C)C(=O)NC(C)(C)C)c(C)c1. The predicted molar refractivity (Wildman–Crippen MR) is 126 cm³/mol. The van der Waals surface area contributed by atoms with Crippen molar-refractivity contribution in [3.63, 3.8) is 0 Å². The van der Waals surface area contributed by atoms with Crippen molar-refractivity contribution in [2.45, 2.75) is 59.7 Å². The summed E-state index contributed by atoms with van der Waals surface area (Å²) < 4.78 is 5.78. The zero-order valence-corrected chi connectivity index (χ0v) is 20.4. The van der Waals surface area contributed by atoms with Crippen molar-refractivity contribution in [1.82, 2.24) is 10.2 Å². The van der Waals surface area contributed by atoms with E-state index in [4.69, 9.17) is 27.9 Å². The second-order valence-electron chi connectivity index (χ2n) is 8.73. The third kappa shape index (κ3) is 7.44. The number of nitrogens with one attached hydrogen (secondary N) is 1.